The molecular formula is C25H22N4O6S. The summed E-state index contributed by atoms with van der Waals surface area (Å²) in [5.74, 6) is 0.803. The number of nitro groups is 1. The van der Waals surface area contributed by atoms with E-state index >= 15 is 0 Å². The summed E-state index contributed by atoms with van der Waals surface area (Å²) in [6.45, 7) is 0.758. The summed E-state index contributed by atoms with van der Waals surface area (Å²) >= 11 is 1.29. The first kappa shape index (κ1) is 24.9. The molecule has 2 aromatic carbocycles. The van der Waals surface area contributed by atoms with Gasteiger partial charge in [-0.3, -0.25) is 19.8 Å². The number of carbonyl (C=O) groups excluding carboxylic acids is 1. The molecule has 0 radical (unpaired) electrons. The summed E-state index contributed by atoms with van der Waals surface area (Å²) in [6, 6.07) is 17.3. The van der Waals surface area contributed by atoms with Crippen molar-refractivity contribution < 1.29 is 23.9 Å². The highest BCUT2D eigenvalue weighted by atomic mass is 32.2. The number of para-hydroxylation sites is 1. The van der Waals surface area contributed by atoms with Gasteiger partial charge < -0.3 is 14.2 Å². The summed E-state index contributed by atoms with van der Waals surface area (Å²) in [5.41, 5.74) is 1.34. The molecule has 1 fully saturated rings. The van der Waals surface area contributed by atoms with Crippen LogP contribution in [-0.4, -0.2) is 53.3 Å². The summed E-state index contributed by atoms with van der Waals surface area (Å²) in [4.78, 5) is 34.1. The number of aromatic nitrogens is 1. The lowest BCUT2D eigenvalue weighted by Gasteiger charge is -2.14. The lowest BCUT2D eigenvalue weighted by atomic mass is 10.2. The van der Waals surface area contributed by atoms with E-state index in [1.165, 1.54) is 31.0 Å². The van der Waals surface area contributed by atoms with Crippen molar-refractivity contribution in [1.82, 2.24) is 9.88 Å². The van der Waals surface area contributed by atoms with E-state index < -0.39 is 4.92 Å². The Morgan fingerprint density at radius 1 is 1.11 bits per heavy atom. The third-order valence-corrected chi connectivity index (χ3v) is 6.03. The van der Waals surface area contributed by atoms with Crippen LogP contribution in [0, 0.1) is 10.1 Å². The minimum atomic E-state index is -0.533. The van der Waals surface area contributed by atoms with Gasteiger partial charge in [-0.05, 0) is 47.7 Å². The van der Waals surface area contributed by atoms with Crippen LogP contribution in [0.1, 0.15) is 5.56 Å². The van der Waals surface area contributed by atoms with Crippen LogP contribution in [-0.2, 0) is 9.53 Å². The highest BCUT2D eigenvalue weighted by Crippen LogP contribution is 2.36. The highest BCUT2D eigenvalue weighted by molar-refractivity contribution is 8.18. The van der Waals surface area contributed by atoms with E-state index in [0.29, 0.717) is 34.7 Å². The summed E-state index contributed by atoms with van der Waals surface area (Å²) in [7, 11) is 3.08. The number of nitrogens with zero attached hydrogens (tertiary/aromatic N) is 4. The second-order valence-corrected chi connectivity index (χ2v) is 8.42. The van der Waals surface area contributed by atoms with E-state index in [1.54, 1.807) is 36.3 Å². The van der Waals surface area contributed by atoms with Crippen molar-refractivity contribution in [2.24, 2.45) is 4.99 Å². The van der Waals surface area contributed by atoms with Gasteiger partial charge in [0.05, 0.1) is 35.8 Å². The first-order valence-corrected chi connectivity index (χ1v) is 11.6. The van der Waals surface area contributed by atoms with Crippen molar-refractivity contribution in [3.8, 4) is 17.4 Å². The number of amidine groups is 1. The van der Waals surface area contributed by atoms with E-state index in [-0.39, 0.29) is 17.5 Å². The monoisotopic (exact) mass is 506 g/mol. The zero-order valence-electron chi connectivity index (χ0n) is 19.5. The number of carbonyl (C=O) groups is 1. The standard InChI is InChI=1S/C25H22N4O6S/c1-33-13-12-28-24(30)22(36-25(28)27-18-6-4-3-5-7-18)15-17-8-10-20(21(14-17)34-2)35-23-11-9-19(16-26-23)29(31)32/h3-11,14-16H,12-13H2,1-2H3/b22-15+,27-25?. The number of amides is 1. The fourth-order valence-corrected chi connectivity index (χ4v) is 4.27. The van der Waals surface area contributed by atoms with Gasteiger partial charge in [0.1, 0.15) is 6.20 Å². The smallest absolute Gasteiger partial charge is 0.287 e. The SMILES string of the molecule is COCCN1C(=O)/C(=C\c2ccc(Oc3ccc([N+](=O)[O-])cn3)c(OC)c2)SC1=Nc1ccccc1. The molecule has 36 heavy (non-hydrogen) atoms. The average molecular weight is 507 g/mol. The average Bonchev–Trinajstić information content (AvgIpc) is 3.17. The topological polar surface area (TPSA) is 116 Å². The third kappa shape index (κ3) is 5.88. The van der Waals surface area contributed by atoms with Crippen LogP contribution >= 0.6 is 11.8 Å². The number of aliphatic imine (C=N–C) groups is 1. The number of hydrogen-bond acceptors (Lipinski definition) is 9. The van der Waals surface area contributed by atoms with E-state index in [4.69, 9.17) is 14.2 Å². The summed E-state index contributed by atoms with van der Waals surface area (Å²) in [5, 5.41) is 11.4. The number of rotatable bonds is 9. The molecule has 0 bridgehead atoms. The van der Waals surface area contributed by atoms with Crippen LogP contribution < -0.4 is 9.47 Å². The van der Waals surface area contributed by atoms with Crippen molar-refractivity contribution in [2.45, 2.75) is 0 Å². The Morgan fingerprint density at radius 3 is 2.58 bits per heavy atom. The number of pyridine rings is 1. The normalized spacial score (nSPS) is 15.5. The van der Waals surface area contributed by atoms with Gasteiger partial charge in [-0.15, -0.1) is 0 Å². The first-order valence-electron chi connectivity index (χ1n) is 10.8. The molecule has 0 N–H and O–H groups in total. The Hall–Kier alpha value is -4.22. The van der Waals surface area contributed by atoms with Crippen molar-refractivity contribution in [3.63, 3.8) is 0 Å². The zero-order valence-corrected chi connectivity index (χ0v) is 20.3. The van der Waals surface area contributed by atoms with Crippen LogP contribution in [0.2, 0.25) is 0 Å². The van der Waals surface area contributed by atoms with E-state index in [2.05, 4.69) is 9.98 Å². The fraction of sp³-hybridized carbons (Fsp3) is 0.160. The van der Waals surface area contributed by atoms with Gasteiger partial charge in [-0.25, -0.2) is 9.98 Å². The molecule has 0 saturated carbocycles. The van der Waals surface area contributed by atoms with E-state index in [1.807, 2.05) is 30.3 Å². The highest BCUT2D eigenvalue weighted by Gasteiger charge is 2.33. The van der Waals surface area contributed by atoms with Crippen molar-refractivity contribution in [1.29, 1.82) is 0 Å². The largest absolute Gasteiger partial charge is 0.493 e. The van der Waals surface area contributed by atoms with Gasteiger partial charge in [0.2, 0.25) is 5.88 Å². The molecule has 0 aliphatic carbocycles. The Bertz CT molecular complexity index is 1310. The molecule has 11 heteroatoms. The van der Waals surface area contributed by atoms with Crippen LogP contribution in [0.4, 0.5) is 11.4 Å². The van der Waals surface area contributed by atoms with E-state index in [9.17, 15) is 14.9 Å². The Labute approximate surface area is 211 Å². The number of ether oxygens (including phenoxy) is 3. The first-order chi connectivity index (χ1) is 17.5. The van der Waals surface area contributed by atoms with E-state index in [0.717, 1.165) is 17.4 Å². The van der Waals surface area contributed by atoms with Crippen LogP contribution in [0.15, 0.2) is 76.8 Å². The number of thioether (sulfide) groups is 1. The van der Waals surface area contributed by atoms with Crippen molar-refractivity contribution in [3.05, 3.63) is 87.4 Å². The molecule has 3 aromatic rings. The minimum Gasteiger partial charge on any atom is -0.493 e. The van der Waals surface area contributed by atoms with Gasteiger partial charge in [0, 0.05) is 19.2 Å². The fourth-order valence-electron chi connectivity index (χ4n) is 3.25. The Morgan fingerprint density at radius 2 is 1.92 bits per heavy atom. The molecule has 0 unspecified atom stereocenters. The molecule has 2 heterocycles. The number of methoxy groups -OCH3 is 2. The molecular weight excluding hydrogens is 484 g/mol. The van der Waals surface area contributed by atoms with Crippen LogP contribution in [0.25, 0.3) is 6.08 Å². The Balaban J connectivity index is 1.58. The summed E-state index contributed by atoms with van der Waals surface area (Å²) in [6.07, 6.45) is 2.88. The minimum absolute atomic E-state index is 0.135. The second-order valence-electron chi connectivity index (χ2n) is 7.41. The zero-order chi connectivity index (χ0) is 25.5. The maximum absolute atomic E-state index is 13.1. The molecule has 1 aliphatic rings. The number of benzene rings is 2. The molecule has 184 valence electrons. The molecule has 1 amide bonds. The maximum atomic E-state index is 13.1. The van der Waals surface area contributed by atoms with Crippen LogP contribution in [0.5, 0.6) is 17.4 Å². The van der Waals surface area contributed by atoms with Crippen LogP contribution in [0.3, 0.4) is 0 Å². The molecule has 1 aromatic heterocycles. The van der Waals surface area contributed by atoms with Gasteiger partial charge in [-0.2, -0.15) is 0 Å². The van der Waals surface area contributed by atoms with Gasteiger partial charge in [0.15, 0.2) is 16.7 Å². The third-order valence-electron chi connectivity index (χ3n) is 5.02. The predicted molar refractivity (Wildman–Crippen MR) is 137 cm³/mol. The number of hydrogen-bond donors (Lipinski definition) is 0. The molecule has 1 saturated heterocycles. The molecule has 0 atom stereocenters. The second kappa shape index (κ2) is 11.5. The summed E-state index contributed by atoms with van der Waals surface area (Å²) < 4.78 is 16.4. The quantitative estimate of drug-likeness (QED) is 0.225. The van der Waals surface area contributed by atoms with Crippen molar-refractivity contribution in [2.75, 3.05) is 27.4 Å². The molecule has 0 spiro atoms. The molecule has 10 nitrogen and oxygen atoms in total. The van der Waals surface area contributed by atoms with Gasteiger partial charge in [-0.1, -0.05) is 24.3 Å². The maximum Gasteiger partial charge on any atom is 0.287 e. The van der Waals surface area contributed by atoms with Crippen molar-refractivity contribution >= 4 is 40.3 Å². The van der Waals surface area contributed by atoms with Gasteiger partial charge in [0.25, 0.3) is 11.6 Å². The lowest BCUT2D eigenvalue weighted by Crippen LogP contribution is -2.32. The Kier molecular flexibility index (Phi) is 7.93. The lowest BCUT2D eigenvalue weighted by molar-refractivity contribution is -0.385. The predicted octanol–water partition coefficient (Wildman–Crippen LogP) is 5.04. The van der Waals surface area contributed by atoms with Gasteiger partial charge >= 0.3 is 0 Å². The molecule has 1 aliphatic heterocycles. The molecule has 4 rings (SSSR count).